The lowest BCUT2D eigenvalue weighted by atomic mass is 10.00. The molecular formula is C14H11Br2ClFN. The summed E-state index contributed by atoms with van der Waals surface area (Å²) in [5.41, 5.74) is 8.01. The third kappa shape index (κ3) is 3.78. The Morgan fingerprint density at radius 2 is 1.89 bits per heavy atom. The molecule has 5 heteroatoms. The monoisotopic (exact) mass is 405 g/mol. The number of hydrogen-bond acceptors (Lipinski definition) is 1. The van der Waals surface area contributed by atoms with Gasteiger partial charge in [0.2, 0.25) is 0 Å². The molecule has 0 spiro atoms. The maximum Gasteiger partial charge on any atom is 0.124 e. The van der Waals surface area contributed by atoms with E-state index in [1.54, 1.807) is 6.07 Å². The molecular weight excluding hydrogens is 396 g/mol. The van der Waals surface area contributed by atoms with Gasteiger partial charge in [0.1, 0.15) is 5.82 Å². The summed E-state index contributed by atoms with van der Waals surface area (Å²) in [6.45, 7) is 0. The molecule has 1 unspecified atom stereocenters. The molecule has 0 amide bonds. The highest BCUT2D eigenvalue weighted by Gasteiger charge is 2.13. The molecule has 2 rings (SSSR count). The lowest BCUT2D eigenvalue weighted by molar-refractivity contribution is 0.625. The summed E-state index contributed by atoms with van der Waals surface area (Å²) < 4.78 is 14.9. The van der Waals surface area contributed by atoms with Crippen LogP contribution in [0.25, 0.3) is 0 Å². The summed E-state index contributed by atoms with van der Waals surface area (Å²) >= 11 is 12.9. The van der Waals surface area contributed by atoms with E-state index in [2.05, 4.69) is 31.9 Å². The highest BCUT2D eigenvalue weighted by atomic mass is 79.9. The lowest BCUT2D eigenvalue weighted by Gasteiger charge is -2.15. The van der Waals surface area contributed by atoms with Crippen molar-refractivity contribution in [2.75, 3.05) is 0 Å². The largest absolute Gasteiger partial charge is 0.324 e. The van der Waals surface area contributed by atoms with E-state index in [-0.39, 0.29) is 11.9 Å². The van der Waals surface area contributed by atoms with Gasteiger partial charge >= 0.3 is 0 Å². The molecule has 0 saturated heterocycles. The van der Waals surface area contributed by atoms with Crippen LogP contribution in [0.15, 0.2) is 45.3 Å². The number of nitrogens with two attached hydrogens (primary N) is 1. The summed E-state index contributed by atoms with van der Waals surface area (Å²) in [5.74, 6) is -0.341. The maximum absolute atomic E-state index is 13.0. The van der Waals surface area contributed by atoms with Crippen LogP contribution < -0.4 is 5.73 Å². The summed E-state index contributed by atoms with van der Waals surface area (Å²) in [7, 11) is 0. The Morgan fingerprint density at radius 1 is 1.16 bits per heavy atom. The van der Waals surface area contributed by atoms with Crippen molar-refractivity contribution in [3.8, 4) is 0 Å². The number of rotatable bonds is 3. The standard InChI is InChI=1S/C14H11Br2ClFN/c15-9-2-4-11(12(16)6-9)14(19)5-8-1-3-10(18)7-13(8)17/h1-4,6-7,14H,5,19H2. The van der Waals surface area contributed by atoms with Gasteiger partial charge in [0.25, 0.3) is 0 Å². The van der Waals surface area contributed by atoms with Crippen molar-refractivity contribution < 1.29 is 4.39 Å². The first-order valence-electron chi connectivity index (χ1n) is 5.62. The van der Waals surface area contributed by atoms with Crippen LogP contribution in [0.4, 0.5) is 4.39 Å². The minimum Gasteiger partial charge on any atom is -0.324 e. The zero-order chi connectivity index (χ0) is 14.0. The van der Waals surface area contributed by atoms with Gasteiger partial charge in [-0.15, -0.1) is 0 Å². The van der Waals surface area contributed by atoms with Crippen molar-refractivity contribution in [1.29, 1.82) is 0 Å². The van der Waals surface area contributed by atoms with Crippen LogP contribution in [-0.4, -0.2) is 0 Å². The predicted octanol–water partition coefficient (Wildman–Crippen LogP) is 5.25. The van der Waals surface area contributed by atoms with E-state index in [1.807, 2.05) is 18.2 Å². The van der Waals surface area contributed by atoms with Gasteiger partial charge in [-0.05, 0) is 41.8 Å². The first-order valence-corrected chi connectivity index (χ1v) is 7.58. The Hall–Kier alpha value is -0.420. The Labute approximate surface area is 133 Å². The summed E-state index contributed by atoms with van der Waals surface area (Å²) in [6.07, 6.45) is 0.555. The zero-order valence-electron chi connectivity index (χ0n) is 9.84. The molecule has 2 N–H and O–H groups in total. The lowest BCUT2D eigenvalue weighted by Crippen LogP contribution is -2.14. The molecule has 1 nitrogen and oxygen atoms in total. The van der Waals surface area contributed by atoms with Crippen molar-refractivity contribution in [1.82, 2.24) is 0 Å². The van der Waals surface area contributed by atoms with Gasteiger partial charge in [-0.2, -0.15) is 0 Å². The van der Waals surface area contributed by atoms with Crippen molar-refractivity contribution >= 4 is 43.5 Å². The molecule has 0 radical (unpaired) electrons. The Kier molecular flexibility index (Phi) is 5.01. The minimum atomic E-state index is -0.341. The zero-order valence-corrected chi connectivity index (χ0v) is 13.8. The van der Waals surface area contributed by atoms with Crippen LogP contribution in [0.1, 0.15) is 17.2 Å². The fourth-order valence-electron chi connectivity index (χ4n) is 1.84. The smallest absolute Gasteiger partial charge is 0.124 e. The number of hydrogen-bond donors (Lipinski definition) is 1. The van der Waals surface area contributed by atoms with E-state index >= 15 is 0 Å². The van der Waals surface area contributed by atoms with Gasteiger partial charge in [0.15, 0.2) is 0 Å². The molecule has 1 atom stereocenters. The fraction of sp³-hybridized carbons (Fsp3) is 0.143. The first-order chi connectivity index (χ1) is 8.97. The van der Waals surface area contributed by atoms with E-state index in [9.17, 15) is 4.39 Å². The number of benzene rings is 2. The van der Waals surface area contributed by atoms with Gasteiger partial charge < -0.3 is 5.73 Å². The van der Waals surface area contributed by atoms with Gasteiger partial charge in [-0.1, -0.05) is 55.6 Å². The Bertz CT molecular complexity index is 604. The quantitative estimate of drug-likeness (QED) is 0.739. The normalized spacial score (nSPS) is 12.5. The van der Waals surface area contributed by atoms with Crippen LogP contribution >= 0.6 is 43.5 Å². The van der Waals surface area contributed by atoms with Crippen LogP contribution in [0.3, 0.4) is 0 Å². The second-order valence-electron chi connectivity index (χ2n) is 4.21. The maximum atomic E-state index is 13.0. The molecule has 0 aliphatic carbocycles. The molecule has 0 saturated carbocycles. The molecule has 0 bridgehead atoms. The summed E-state index contributed by atoms with van der Waals surface area (Å²) in [5, 5.41) is 0.406. The van der Waals surface area contributed by atoms with Gasteiger partial charge in [0.05, 0.1) is 0 Å². The van der Waals surface area contributed by atoms with Crippen molar-refractivity contribution in [3.05, 3.63) is 67.3 Å². The molecule has 0 heterocycles. The molecule has 0 aliphatic heterocycles. The van der Waals surface area contributed by atoms with Crippen LogP contribution in [0.2, 0.25) is 5.02 Å². The Morgan fingerprint density at radius 3 is 2.53 bits per heavy atom. The summed E-state index contributed by atoms with van der Waals surface area (Å²) in [6, 6.07) is 10.0. The van der Waals surface area contributed by atoms with E-state index in [0.717, 1.165) is 20.1 Å². The highest BCUT2D eigenvalue weighted by Crippen LogP contribution is 2.29. The topological polar surface area (TPSA) is 26.0 Å². The van der Waals surface area contributed by atoms with Crippen molar-refractivity contribution in [3.63, 3.8) is 0 Å². The van der Waals surface area contributed by atoms with Crippen molar-refractivity contribution in [2.45, 2.75) is 12.5 Å². The second-order valence-corrected chi connectivity index (χ2v) is 6.39. The molecule has 19 heavy (non-hydrogen) atoms. The number of halogens is 4. The Balaban J connectivity index is 2.23. The summed E-state index contributed by atoms with van der Waals surface area (Å²) in [4.78, 5) is 0. The molecule has 2 aromatic carbocycles. The fourth-order valence-corrected chi connectivity index (χ4v) is 3.42. The minimum absolute atomic E-state index is 0.203. The first kappa shape index (κ1) is 15.0. The van der Waals surface area contributed by atoms with Gasteiger partial charge in [0, 0.05) is 20.0 Å². The van der Waals surface area contributed by atoms with E-state index < -0.39 is 0 Å². The van der Waals surface area contributed by atoms with Crippen LogP contribution in [0.5, 0.6) is 0 Å². The van der Waals surface area contributed by atoms with Crippen molar-refractivity contribution in [2.24, 2.45) is 5.73 Å². The van der Waals surface area contributed by atoms with E-state index in [0.29, 0.717) is 11.4 Å². The van der Waals surface area contributed by atoms with Crippen LogP contribution in [0, 0.1) is 5.82 Å². The van der Waals surface area contributed by atoms with E-state index in [4.69, 9.17) is 17.3 Å². The van der Waals surface area contributed by atoms with E-state index in [1.165, 1.54) is 12.1 Å². The molecule has 100 valence electrons. The SMILES string of the molecule is NC(Cc1ccc(F)cc1Cl)c1ccc(Br)cc1Br. The third-order valence-corrected chi connectivity index (χ3v) is 4.35. The van der Waals surface area contributed by atoms with Gasteiger partial charge in [-0.25, -0.2) is 4.39 Å². The highest BCUT2D eigenvalue weighted by molar-refractivity contribution is 9.11. The molecule has 0 aromatic heterocycles. The predicted molar refractivity (Wildman–Crippen MR) is 83.9 cm³/mol. The van der Waals surface area contributed by atoms with Crippen LogP contribution in [-0.2, 0) is 6.42 Å². The third-order valence-electron chi connectivity index (χ3n) is 2.82. The second kappa shape index (κ2) is 6.35. The average Bonchev–Trinajstić information content (AvgIpc) is 2.32. The van der Waals surface area contributed by atoms with Gasteiger partial charge in [-0.3, -0.25) is 0 Å². The molecule has 2 aromatic rings. The average molecular weight is 408 g/mol. The molecule has 0 aliphatic rings. The molecule has 0 fully saturated rings.